The maximum absolute atomic E-state index is 15.6. The van der Waals surface area contributed by atoms with E-state index in [0.717, 1.165) is 42.6 Å². The zero-order valence-corrected chi connectivity index (χ0v) is 43.9. The summed E-state index contributed by atoms with van der Waals surface area (Å²) in [7, 11) is -1.91. The van der Waals surface area contributed by atoms with Gasteiger partial charge in [0.25, 0.3) is 5.92 Å². The van der Waals surface area contributed by atoms with Gasteiger partial charge in [-0.2, -0.15) is 40.2 Å². The highest BCUT2D eigenvalue weighted by Crippen LogP contribution is 2.68. The molecule has 0 saturated heterocycles. The number of carboxylic acid groups (broad SMARTS) is 1. The molecule has 0 radical (unpaired) electrons. The molecule has 2 aliphatic rings. The van der Waals surface area contributed by atoms with E-state index in [1.807, 2.05) is 0 Å². The van der Waals surface area contributed by atoms with Crippen molar-refractivity contribution in [3.05, 3.63) is 117 Å². The number of fused-ring (bicyclic) bond motifs is 4. The molecule has 20 nitrogen and oxygen atoms in total. The minimum absolute atomic E-state index is 0.0733. The Bertz CT molecular complexity index is 3370. The molecule has 4 atom stereocenters. The molecule has 4 aromatic heterocycles. The van der Waals surface area contributed by atoms with Gasteiger partial charge in [-0.1, -0.05) is 41.0 Å². The van der Waals surface area contributed by atoms with Crippen molar-refractivity contribution in [1.29, 1.82) is 0 Å². The number of pyridine rings is 2. The highest BCUT2D eigenvalue weighted by atomic mass is 35.5. The Labute approximate surface area is 454 Å². The van der Waals surface area contributed by atoms with E-state index in [0.29, 0.717) is 20.0 Å². The molecular weight excluding hydrogens is 1150 g/mol. The number of hydrogen-bond acceptors (Lipinski definition) is 13. The second-order valence-corrected chi connectivity index (χ2v) is 20.5. The molecule has 2 aliphatic carbocycles. The van der Waals surface area contributed by atoms with E-state index < -0.39 is 170 Å². The van der Waals surface area contributed by atoms with Gasteiger partial charge in [0.05, 0.1) is 45.6 Å². The molecule has 1 saturated carbocycles. The number of alkyl halides is 8. The lowest BCUT2D eigenvalue weighted by Crippen LogP contribution is -2.46. The van der Waals surface area contributed by atoms with Gasteiger partial charge in [0.1, 0.15) is 49.0 Å². The van der Waals surface area contributed by atoms with Gasteiger partial charge in [0.15, 0.2) is 5.69 Å². The number of benzene rings is 2. The SMILES string of the molecule is CCc1ccc(-c2ccc(Cl)c3c(N(C(=O)N(C)c4ncccc4CN(CC(=O)O)C(=O)OCOP(O)O)[S+](C)[O-])nn(CC(F)(F)F)c23)c(C(Cc2cc(F)cc(F)c2)NC(=O)Cn2nc(C(F)(F)F)c3c2C(F)(F)[C@@H]2C[C@H]32)n1. The second-order valence-electron chi connectivity index (χ2n) is 18.1. The van der Waals surface area contributed by atoms with Crippen LogP contribution >= 0.6 is 20.2 Å². The lowest BCUT2D eigenvalue weighted by Gasteiger charge is -2.27. The Kier molecular flexibility index (Phi) is 17.0. The van der Waals surface area contributed by atoms with E-state index in [9.17, 15) is 64.0 Å². The van der Waals surface area contributed by atoms with Crippen molar-refractivity contribution in [2.75, 3.05) is 35.8 Å². The highest BCUT2D eigenvalue weighted by molar-refractivity contribution is 7.92. The maximum Gasteiger partial charge on any atom is 0.435 e. The normalized spacial score (nSPS) is 16.3. The number of rotatable bonds is 19. The molecular formula is C47H42ClF10N10O10PS. The third kappa shape index (κ3) is 12.5. The molecule has 0 spiro atoms. The van der Waals surface area contributed by atoms with Crippen LogP contribution in [0.15, 0.2) is 60.8 Å². The van der Waals surface area contributed by atoms with Crippen molar-refractivity contribution < 1.29 is 91.8 Å². The first-order chi connectivity index (χ1) is 37.5. The lowest BCUT2D eigenvalue weighted by atomic mass is 9.93. The fraction of sp³-hybridized carbons (Fsp3) is 0.362. The summed E-state index contributed by atoms with van der Waals surface area (Å²) in [5.41, 5.74) is -4.61. The summed E-state index contributed by atoms with van der Waals surface area (Å²) in [6.45, 7) is -4.25. The molecule has 1 fully saturated rings. The average molecular weight is 1200 g/mol. The molecule has 428 valence electrons. The number of carbonyl (C=O) groups excluding carboxylic acids is 3. The number of carboxylic acids is 1. The quantitative estimate of drug-likeness (QED) is 0.0256. The molecule has 2 unspecified atom stereocenters. The molecule has 0 aliphatic heterocycles. The van der Waals surface area contributed by atoms with E-state index in [1.165, 1.54) is 30.3 Å². The second kappa shape index (κ2) is 22.9. The van der Waals surface area contributed by atoms with Gasteiger partial charge in [0, 0.05) is 53.2 Å². The van der Waals surface area contributed by atoms with Crippen molar-refractivity contribution >= 4 is 78.1 Å². The maximum atomic E-state index is 15.6. The number of nitrogens with one attached hydrogen (secondary N) is 1. The lowest BCUT2D eigenvalue weighted by molar-refractivity contribution is -0.143. The largest absolute Gasteiger partial charge is 0.593 e. The number of ether oxygens (including phenoxy) is 1. The molecule has 2 aromatic carbocycles. The number of aryl methyl sites for hydroxylation is 1. The first kappa shape index (κ1) is 59.2. The van der Waals surface area contributed by atoms with Crippen LogP contribution in [0, 0.1) is 17.6 Å². The van der Waals surface area contributed by atoms with Crippen LogP contribution in [0.1, 0.15) is 64.8 Å². The van der Waals surface area contributed by atoms with Gasteiger partial charge in [-0.25, -0.2) is 23.4 Å². The molecule has 33 heteroatoms. The number of amides is 4. The van der Waals surface area contributed by atoms with Crippen molar-refractivity contribution in [1.82, 2.24) is 39.7 Å². The van der Waals surface area contributed by atoms with Gasteiger partial charge >= 0.3 is 39.0 Å². The molecule has 4 N–H and O–H groups in total. The third-order valence-electron chi connectivity index (χ3n) is 12.7. The summed E-state index contributed by atoms with van der Waals surface area (Å²) in [6.07, 6.45) is -10.2. The minimum atomic E-state index is -5.20. The predicted octanol–water partition coefficient (Wildman–Crippen LogP) is 8.64. The molecule has 0 bridgehead atoms. The van der Waals surface area contributed by atoms with Crippen LogP contribution in [0.3, 0.4) is 0 Å². The average Bonchev–Trinajstić information content (AvgIpc) is 3.87. The summed E-state index contributed by atoms with van der Waals surface area (Å²) < 4.78 is 172. The minimum Gasteiger partial charge on any atom is -0.593 e. The molecule has 6 aromatic rings. The number of nitrogens with zero attached hydrogens (tertiary/aromatic N) is 9. The molecule has 4 heterocycles. The first-order valence-electron chi connectivity index (χ1n) is 23.3. The van der Waals surface area contributed by atoms with Gasteiger partial charge < -0.3 is 29.5 Å². The van der Waals surface area contributed by atoms with Crippen LogP contribution in [0.2, 0.25) is 5.02 Å². The number of anilines is 2. The van der Waals surface area contributed by atoms with Crippen LogP contribution in [0.4, 0.5) is 65.1 Å². The van der Waals surface area contributed by atoms with Gasteiger partial charge in [-0.15, -0.1) is 5.10 Å². The fourth-order valence-electron chi connectivity index (χ4n) is 9.44. The number of hydrogen-bond donors (Lipinski definition) is 4. The Balaban J connectivity index is 1.24. The van der Waals surface area contributed by atoms with Crippen LogP contribution in [0.5, 0.6) is 0 Å². The summed E-state index contributed by atoms with van der Waals surface area (Å²) in [4.78, 5) is 81.7. The standard InChI is InChI=1S/C47H42ClF10N10O10PS/c1-4-26-7-8-27(37(60-26)32(14-22-12-24(49)15-25(50)13-22)61-33(69)18-66-40-35(39(62-66)47(56,57)58)29-16-30(29)46(40,54)55)28-9-10-31(48)36-38(28)67(20-45(51,52)53)63-42(36)68(80(3)76)43(72)64(2)41-23(6-5-11-59-41)17-65(19-34(70)71)44(73)77-21-78-79(74)75/h5-13,15,29-30,32,74-75H,4,14,16-21H2,1-3H3,(H,61,69)(H,70,71)/t29-,30+,32?,80?/m0/s1. The Morgan fingerprint density at radius 3 is 2.31 bits per heavy atom. The van der Waals surface area contributed by atoms with Crippen LogP contribution in [0.25, 0.3) is 22.0 Å². The van der Waals surface area contributed by atoms with Crippen LogP contribution < -0.4 is 14.5 Å². The monoisotopic (exact) mass is 1190 g/mol. The summed E-state index contributed by atoms with van der Waals surface area (Å²) in [5, 5.41) is 18.8. The molecule has 4 amide bonds. The number of urea groups is 1. The molecule has 80 heavy (non-hydrogen) atoms. The zero-order chi connectivity index (χ0) is 58.5. The number of halogens is 11. The highest BCUT2D eigenvalue weighted by Gasteiger charge is 2.68. The summed E-state index contributed by atoms with van der Waals surface area (Å²) in [5.74, 6) is -12.5. The smallest absolute Gasteiger partial charge is 0.435 e. The van der Waals surface area contributed by atoms with Gasteiger partial charge in [-0.05, 0) is 61.1 Å². The van der Waals surface area contributed by atoms with Crippen LogP contribution in [-0.2, 0) is 74.8 Å². The number of carbonyl (C=O) groups is 4. The number of aromatic nitrogens is 6. The van der Waals surface area contributed by atoms with E-state index >= 15 is 8.78 Å². The van der Waals surface area contributed by atoms with E-state index in [4.69, 9.17) is 26.1 Å². The Morgan fingerprint density at radius 1 is 1.00 bits per heavy atom. The fourth-order valence-corrected chi connectivity index (χ4v) is 10.5. The predicted molar refractivity (Wildman–Crippen MR) is 263 cm³/mol. The van der Waals surface area contributed by atoms with E-state index in [2.05, 4.69) is 30.0 Å². The third-order valence-corrected chi connectivity index (χ3v) is 14.2. The zero-order valence-electron chi connectivity index (χ0n) is 41.4. The van der Waals surface area contributed by atoms with Crippen molar-refractivity contribution in [3.8, 4) is 11.1 Å². The number of aliphatic carboxylic acids is 1. The Hall–Kier alpha value is -6.89. The van der Waals surface area contributed by atoms with Crippen molar-refractivity contribution in [2.24, 2.45) is 5.92 Å². The van der Waals surface area contributed by atoms with Crippen molar-refractivity contribution in [2.45, 2.75) is 76.1 Å². The summed E-state index contributed by atoms with van der Waals surface area (Å²) in [6, 6.07) is 7.04. The van der Waals surface area contributed by atoms with Gasteiger partial charge in [0.2, 0.25) is 18.5 Å². The summed E-state index contributed by atoms with van der Waals surface area (Å²) >= 11 is 4.22. The van der Waals surface area contributed by atoms with Crippen molar-refractivity contribution in [3.63, 3.8) is 0 Å². The first-order valence-corrected chi connectivity index (χ1v) is 26.4. The topological polar surface area (TPSA) is 254 Å². The Morgan fingerprint density at radius 2 is 1.69 bits per heavy atom. The van der Waals surface area contributed by atoms with E-state index in [-0.39, 0.29) is 57.0 Å². The van der Waals surface area contributed by atoms with Crippen LogP contribution in [-0.4, -0.2) is 111 Å². The molecule has 8 rings (SSSR count). The van der Waals surface area contributed by atoms with E-state index in [1.54, 1.807) is 6.92 Å². The van der Waals surface area contributed by atoms with Gasteiger partial charge in [-0.3, -0.25) is 38.3 Å².